The van der Waals surface area contributed by atoms with Gasteiger partial charge in [-0.2, -0.15) is 5.10 Å². The molecule has 2 aromatic carbocycles. The van der Waals surface area contributed by atoms with E-state index in [1.807, 2.05) is 12.1 Å². The number of thioether (sulfide) groups is 1. The smallest absolute Gasteiger partial charge is 0.267 e. The normalized spacial score (nSPS) is 16.8. The van der Waals surface area contributed by atoms with Gasteiger partial charge in [0.1, 0.15) is 11.5 Å². The van der Waals surface area contributed by atoms with Gasteiger partial charge in [-0.15, -0.1) is 5.10 Å². The first-order chi connectivity index (χ1) is 15.0. The Balaban J connectivity index is 1.64. The lowest BCUT2D eigenvalue weighted by atomic mass is 10.2. The lowest BCUT2D eigenvalue weighted by molar-refractivity contribution is -0.122. The minimum atomic E-state index is -0.277. The molecule has 1 N–H and O–H groups in total. The van der Waals surface area contributed by atoms with Gasteiger partial charge >= 0.3 is 0 Å². The van der Waals surface area contributed by atoms with Gasteiger partial charge in [-0.05, 0) is 65.9 Å². The van der Waals surface area contributed by atoms with Gasteiger partial charge in [-0.25, -0.2) is 0 Å². The number of hydrogen-bond acceptors (Lipinski definition) is 6. The molecular formula is C22H15Cl2N3O3S. The van der Waals surface area contributed by atoms with Crippen LogP contribution in [0.1, 0.15) is 16.9 Å². The van der Waals surface area contributed by atoms with Crippen molar-refractivity contribution < 1.29 is 14.3 Å². The van der Waals surface area contributed by atoms with Gasteiger partial charge in [0.25, 0.3) is 5.91 Å². The summed E-state index contributed by atoms with van der Waals surface area (Å²) >= 11 is 13.1. The van der Waals surface area contributed by atoms with E-state index in [9.17, 15) is 9.90 Å². The number of amides is 1. The van der Waals surface area contributed by atoms with Gasteiger partial charge in [-0.3, -0.25) is 9.69 Å². The number of carbonyl (C=O) groups excluding carboxylic acids is 1. The number of phenolic OH excluding ortho intramolecular Hbond substituents is 1. The minimum Gasteiger partial charge on any atom is -0.507 e. The van der Waals surface area contributed by atoms with Crippen molar-refractivity contribution in [3.8, 4) is 5.75 Å². The number of halogens is 2. The summed E-state index contributed by atoms with van der Waals surface area (Å²) in [5, 5.41) is 19.9. The van der Waals surface area contributed by atoms with E-state index in [-0.39, 0.29) is 18.2 Å². The average Bonchev–Trinajstić information content (AvgIpc) is 3.36. The van der Waals surface area contributed by atoms with E-state index < -0.39 is 0 Å². The number of aromatic hydroxyl groups is 1. The first kappa shape index (κ1) is 21.2. The third-order valence-corrected chi connectivity index (χ3v) is 5.76. The highest BCUT2D eigenvalue weighted by Gasteiger charge is 2.34. The van der Waals surface area contributed by atoms with Gasteiger partial charge in [0.2, 0.25) is 0 Å². The molecule has 1 amide bonds. The summed E-state index contributed by atoms with van der Waals surface area (Å²) in [6.45, 7) is 0.201. The van der Waals surface area contributed by atoms with Crippen molar-refractivity contribution in [3.63, 3.8) is 0 Å². The van der Waals surface area contributed by atoms with E-state index in [2.05, 4.69) is 10.2 Å². The topological polar surface area (TPSA) is 78.4 Å². The summed E-state index contributed by atoms with van der Waals surface area (Å²) < 4.78 is 5.38. The van der Waals surface area contributed by atoms with E-state index >= 15 is 0 Å². The summed E-state index contributed by atoms with van der Waals surface area (Å²) in [4.78, 5) is 14.9. The molecule has 1 aliphatic rings. The van der Waals surface area contributed by atoms with Crippen LogP contribution in [0.15, 0.2) is 80.4 Å². The molecule has 0 atom stereocenters. The van der Waals surface area contributed by atoms with Crippen molar-refractivity contribution in [1.29, 1.82) is 0 Å². The van der Waals surface area contributed by atoms with E-state index in [1.54, 1.807) is 55.0 Å². The third-order valence-electron chi connectivity index (χ3n) is 4.28. The molecule has 2 heterocycles. The molecule has 0 unspecified atom stereocenters. The van der Waals surface area contributed by atoms with Crippen LogP contribution < -0.4 is 0 Å². The standard InChI is InChI=1S/C22H15Cl2N3O3S/c23-16-5-3-14(4-6-16)12-25-26-22-27(13-18-2-1-9-30-18)21(29)20(31-22)11-15-10-17(24)7-8-19(15)28/h1-12,28H,13H2/b20-11-,25-12-,26-22+. The molecular weight excluding hydrogens is 457 g/mol. The van der Waals surface area contributed by atoms with E-state index in [1.165, 1.54) is 11.0 Å². The molecule has 1 aromatic heterocycles. The molecule has 6 nitrogen and oxygen atoms in total. The Morgan fingerprint density at radius 2 is 1.87 bits per heavy atom. The zero-order valence-corrected chi connectivity index (χ0v) is 18.2. The van der Waals surface area contributed by atoms with Crippen LogP contribution in [0.4, 0.5) is 0 Å². The first-order valence-corrected chi connectivity index (χ1v) is 10.7. The van der Waals surface area contributed by atoms with Gasteiger partial charge in [0.05, 0.1) is 23.9 Å². The fourth-order valence-corrected chi connectivity index (χ4v) is 3.99. The van der Waals surface area contributed by atoms with Crippen molar-refractivity contribution in [3.05, 3.63) is 92.7 Å². The SMILES string of the molecule is O=C1/C(=C/c2cc(Cl)ccc2O)S/C(=N/N=C\c2ccc(Cl)cc2)N1Cc1ccco1. The number of hydrogen-bond donors (Lipinski definition) is 1. The van der Waals surface area contributed by atoms with Crippen LogP contribution in [0.2, 0.25) is 10.0 Å². The summed E-state index contributed by atoms with van der Waals surface area (Å²) in [5.41, 5.74) is 1.26. The molecule has 0 saturated carbocycles. The fraction of sp³-hybridized carbons (Fsp3) is 0.0455. The van der Waals surface area contributed by atoms with Crippen LogP contribution in [-0.4, -0.2) is 27.3 Å². The molecule has 0 bridgehead atoms. The molecule has 1 fully saturated rings. The Hall–Kier alpha value is -3.00. The number of rotatable bonds is 5. The van der Waals surface area contributed by atoms with Crippen molar-refractivity contribution in [2.24, 2.45) is 10.2 Å². The van der Waals surface area contributed by atoms with Crippen molar-refractivity contribution in [2.75, 3.05) is 0 Å². The lowest BCUT2D eigenvalue weighted by Crippen LogP contribution is -2.28. The highest BCUT2D eigenvalue weighted by molar-refractivity contribution is 8.18. The molecule has 3 aromatic rings. The molecule has 31 heavy (non-hydrogen) atoms. The average molecular weight is 472 g/mol. The molecule has 0 spiro atoms. The number of phenols is 1. The predicted octanol–water partition coefficient (Wildman–Crippen LogP) is 5.80. The van der Waals surface area contributed by atoms with Gasteiger partial charge in [-0.1, -0.05) is 35.3 Å². The molecule has 0 aliphatic carbocycles. The van der Waals surface area contributed by atoms with Crippen molar-refractivity contribution in [1.82, 2.24) is 4.90 Å². The van der Waals surface area contributed by atoms with Gasteiger partial charge < -0.3 is 9.52 Å². The maximum absolute atomic E-state index is 13.0. The summed E-state index contributed by atoms with van der Waals surface area (Å²) in [6.07, 6.45) is 4.69. The number of benzene rings is 2. The predicted molar refractivity (Wildman–Crippen MR) is 124 cm³/mol. The van der Waals surface area contributed by atoms with Crippen molar-refractivity contribution >= 4 is 58.3 Å². The maximum Gasteiger partial charge on any atom is 0.267 e. The molecule has 1 aliphatic heterocycles. The van der Waals surface area contributed by atoms with E-state index in [4.69, 9.17) is 27.6 Å². The maximum atomic E-state index is 13.0. The minimum absolute atomic E-state index is 0.0223. The van der Waals surface area contributed by atoms with E-state index in [0.29, 0.717) is 31.4 Å². The second kappa shape index (κ2) is 9.43. The highest BCUT2D eigenvalue weighted by atomic mass is 35.5. The Bertz CT molecular complexity index is 1190. The zero-order chi connectivity index (χ0) is 21.8. The number of nitrogens with zero attached hydrogens (tertiary/aromatic N) is 3. The Morgan fingerprint density at radius 1 is 1.10 bits per heavy atom. The molecule has 0 radical (unpaired) electrons. The van der Waals surface area contributed by atoms with Crippen LogP contribution in [0.3, 0.4) is 0 Å². The van der Waals surface area contributed by atoms with Crippen LogP contribution in [0.5, 0.6) is 5.75 Å². The van der Waals surface area contributed by atoms with Crippen LogP contribution in [0.25, 0.3) is 6.08 Å². The number of furan rings is 1. The van der Waals surface area contributed by atoms with Crippen molar-refractivity contribution in [2.45, 2.75) is 6.54 Å². The second-order valence-corrected chi connectivity index (χ2v) is 8.35. The second-order valence-electron chi connectivity index (χ2n) is 6.46. The summed E-state index contributed by atoms with van der Waals surface area (Å²) in [7, 11) is 0. The van der Waals surface area contributed by atoms with Gasteiger partial charge in [0, 0.05) is 15.6 Å². The van der Waals surface area contributed by atoms with Crippen LogP contribution >= 0.6 is 35.0 Å². The lowest BCUT2D eigenvalue weighted by Gasteiger charge is -2.12. The monoisotopic (exact) mass is 471 g/mol. The Labute approximate surface area is 192 Å². The quantitative estimate of drug-likeness (QED) is 0.289. The number of amidine groups is 1. The first-order valence-electron chi connectivity index (χ1n) is 9.08. The van der Waals surface area contributed by atoms with E-state index in [0.717, 1.165) is 17.3 Å². The van der Waals surface area contributed by atoms with Crippen LogP contribution in [-0.2, 0) is 11.3 Å². The molecule has 1 saturated heterocycles. The Kier molecular flexibility index (Phi) is 6.46. The molecule has 4 rings (SSSR count). The third kappa shape index (κ3) is 5.19. The number of carbonyl (C=O) groups is 1. The largest absolute Gasteiger partial charge is 0.507 e. The van der Waals surface area contributed by atoms with Crippen LogP contribution in [0, 0.1) is 0 Å². The van der Waals surface area contributed by atoms with Gasteiger partial charge in [0.15, 0.2) is 5.17 Å². The zero-order valence-electron chi connectivity index (χ0n) is 15.9. The summed E-state index contributed by atoms with van der Waals surface area (Å²) in [5.74, 6) is 0.352. The molecule has 9 heteroatoms. The summed E-state index contributed by atoms with van der Waals surface area (Å²) in [6, 6.07) is 15.3. The fourth-order valence-electron chi connectivity index (χ4n) is 2.76. The molecule has 156 valence electrons. The highest BCUT2D eigenvalue weighted by Crippen LogP contribution is 2.35. The Morgan fingerprint density at radius 3 is 2.61 bits per heavy atom.